The van der Waals surface area contributed by atoms with E-state index in [-0.39, 0.29) is 11.0 Å². The number of hydrogen-bond acceptors (Lipinski definition) is 3. The van der Waals surface area contributed by atoms with Crippen molar-refractivity contribution < 1.29 is 9.59 Å². The molecular formula is C10H13NO2S. The molecule has 0 aliphatic heterocycles. The second-order valence-electron chi connectivity index (χ2n) is 3.04. The van der Waals surface area contributed by atoms with Gasteiger partial charge in [-0.15, -0.1) is 0 Å². The van der Waals surface area contributed by atoms with Crippen LogP contribution in [0.2, 0.25) is 0 Å². The van der Waals surface area contributed by atoms with E-state index < -0.39 is 0 Å². The van der Waals surface area contributed by atoms with E-state index in [1.165, 1.54) is 13.8 Å². The summed E-state index contributed by atoms with van der Waals surface area (Å²) in [5, 5.41) is 2.75. The van der Waals surface area contributed by atoms with E-state index in [1.807, 2.05) is 12.2 Å². The molecule has 0 radical (unpaired) electrons. The largest absolute Gasteiger partial charge is 0.326 e. The molecule has 0 unspecified atom stereocenters. The predicted molar refractivity (Wildman–Crippen MR) is 57.5 cm³/mol. The minimum absolute atomic E-state index is 0.0365. The lowest BCUT2D eigenvalue weighted by Crippen LogP contribution is -2.21. The molecule has 14 heavy (non-hydrogen) atoms. The third-order valence-corrected chi connectivity index (χ3v) is 2.57. The summed E-state index contributed by atoms with van der Waals surface area (Å²) < 4.78 is 0. The van der Waals surface area contributed by atoms with Crippen molar-refractivity contribution in [2.75, 3.05) is 0 Å². The van der Waals surface area contributed by atoms with E-state index in [4.69, 9.17) is 0 Å². The Bertz CT molecular complexity index is 286. The topological polar surface area (TPSA) is 46.2 Å². The van der Waals surface area contributed by atoms with Crippen molar-refractivity contribution in [3.8, 4) is 0 Å². The van der Waals surface area contributed by atoms with Gasteiger partial charge in [0.05, 0.1) is 5.70 Å². The number of carbonyl (C=O) groups excluding carboxylic acids is 2. The first-order chi connectivity index (χ1) is 6.59. The summed E-state index contributed by atoms with van der Waals surface area (Å²) in [7, 11) is 0. The first-order valence-electron chi connectivity index (χ1n) is 4.46. The van der Waals surface area contributed by atoms with Crippen LogP contribution in [0, 0.1) is 0 Å². The van der Waals surface area contributed by atoms with E-state index in [2.05, 4.69) is 5.32 Å². The van der Waals surface area contributed by atoms with Gasteiger partial charge in [-0.2, -0.15) is 0 Å². The van der Waals surface area contributed by atoms with E-state index in [1.54, 1.807) is 0 Å². The molecule has 1 amide bonds. The molecular weight excluding hydrogens is 198 g/mol. The van der Waals surface area contributed by atoms with Gasteiger partial charge >= 0.3 is 0 Å². The SMILES string of the molecule is CC(=O)NC1=CCCC=C1SC(C)=O. The number of rotatable bonds is 2. The molecule has 0 spiro atoms. The van der Waals surface area contributed by atoms with Crippen molar-refractivity contribution in [2.24, 2.45) is 0 Å². The van der Waals surface area contributed by atoms with Crippen LogP contribution >= 0.6 is 11.8 Å². The fourth-order valence-electron chi connectivity index (χ4n) is 1.21. The Hall–Kier alpha value is -1.03. The van der Waals surface area contributed by atoms with Crippen LogP contribution in [0.3, 0.4) is 0 Å². The van der Waals surface area contributed by atoms with Crippen LogP contribution in [0.4, 0.5) is 0 Å². The highest BCUT2D eigenvalue weighted by Crippen LogP contribution is 2.27. The summed E-state index contributed by atoms with van der Waals surface area (Å²) in [6.07, 6.45) is 5.78. The molecule has 0 aromatic rings. The van der Waals surface area contributed by atoms with Crippen LogP contribution in [0.15, 0.2) is 22.8 Å². The maximum atomic E-state index is 10.9. The Morgan fingerprint density at radius 3 is 2.50 bits per heavy atom. The molecule has 4 heteroatoms. The van der Waals surface area contributed by atoms with Crippen molar-refractivity contribution in [2.45, 2.75) is 26.7 Å². The molecule has 1 aliphatic carbocycles. The molecule has 0 saturated heterocycles. The summed E-state index contributed by atoms with van der Waals surface area (Å²) in [4.78, 5) is 22.7. The van der Waals surface area contributed by atoms with E-state index >= 15 is 0 Å². The first kappa shape index (κ1) is 11.0. The lowest BCUT2D eigenvalue weighted by molar-refractivity contribution is -0.118. The molecule has 3 nitrogen and oxygen atoms in total. The zero-order chi connectivity index (χ0) is 10.6. The molecule has 1 N–H and O–H groups in total. The molecule has 0 aromatic heterocycles. The minimum atomic E-state index is -0.104. The Balaban J connectivity index is 2.70. The number of nitrogens with one attached hydrogen (secondary N) is 1. The van der Waals surface area contributed by atoms with Crippen molar-refractivity contribution in [1.82, 2.24) is 5.32 Å². The molecule has 0 saturated carbocycles. The van der Waals surface area contributed by atoms with Gasteiger partial charge in [0.1, 0.15) is 0 Å². The number of amides is 1. The van der Waals surface area contributed by atoms with Gasteiger partial charge in [-0.25, -0.2) is 0 Å². The molecule has 0 fully saturated rings. The van der Waals surface area contributed by atoms with Crippen molar-refractivity contribution in [3.05, 3.63) is 22.8 Å². The highest BCUT2D eigenvalue weighted by molar-refractivity contribution is 8.17. The normalized spacial score (nSPS) is 15.6. The molecule has 0 atom stereocenters. The lowest BCUT2D eigenvalue weighted by atomic mass is 10.1. The fourth-order valence-corrected chi connectivity index (χ4v) is 1.96. The second kappa shape index (κ2) is 5.00. The van der Waals surface area contributed by atoms with Crippen LogP contribution in [-0.2, 0) is 9.59 Å². The van der Waals surface area contributed by atoms with Crippen LogP contribution in [0.5, 0.6) is 0 Å². The van der Waals surface area contributed by atoms with Crippen LogP contribution in [0.25, 0.3) is 0 Å². The molecule has 0 heterocycles. The fraction of sp³-hybridized carbons (Fsp3) is 0.400. The Morgan fingerprint density at radius 2 is 1.93 bits per heavy atom. The first-order valence-corrected chi connectivity index (χ1v) is 5.28. The van der Waals surface area contributed by atoms with Crippen molar-refractivity contribution in [3.63, 3.8) is 0 Å². The third-order valence-electron chi connectivity index (χ3n) is 1.67. The quantitative estimate of drug-likeness (QED) is 0.759. The molecule has 76 valence electrons. The lowest BCUT2D eigenvalue weighted by Gasteiger charge is -2.14. The van der Waals surface area contributed by atoms with Gasteiger partial charge in [-0.3, -0.25) is 9.59 Å². The summed E-state index contributed by atoms with van der Waals surface area (Å²) in [6, 6.07) is 0. The molecule has 1 rings (SSSR count). The number of hydrogen-bond donors (Lipinski definition) is 1. The van der Waals surface area contributed by atoms with Gasteiger partial charge in [-0.05, 0) is 12.8 Å². The Labute approximate surface area is 87.6 Å². The van der Waals surface area contributed by atoms with Gasteiger partial charge in [0.15, 0.2) is 5.12 Å². The molecule has 1 aliphatic rings. The van der Waals surface area contributed by atoms with Crippen molar-refractivity contribution >= 4 is 22.8 Å². The number of carbonyl (C=O) groups is 2. The summed E-state index contributed by atoms with van der Waals surface area (Å²) in [5.74, 6) is -0.104. The summed E-state index contributed by atoms with van der Waals surface area (Å²) in [5.41, 5.74) is 0.768. The summed E-state index contributed by atoms with van der Waals surface area (Å²) in [6.45, 7) is 2.98. The van der Waals surface area contributed by atoms with Crippen LogP contribution < -0.4 is 5.32 Å². The molecule has 0 aromatic carbocycles. The van der Waals surface area contributed by atoms with E-state index in [0.29, 0.717) is 0 Å². The Morgan fingerprint density at radius 1 is 1.29 bits per heavy atom. The maximum Gasteiger partial charge on any atom is 0.221 e. The predicted octanol–water partition coefficient (Wildman–Crippen LogP) is 1.96. The Kier molecular flexibility index (Phi) is 3.95. The number of allylic oxidation sites excluding steroid dienone is 2. The van der Waals surface area contributed by atoms with Gasteiger partial charge in [0.25, 0.3) is 0 Å². The van der Waals surface area contributed by atoms with E-state index in [0.717, 1.165) is 35.2 Å². The van der Waals surface area contributed by atoms with Gasteiger partial charge in [-0.1, -0.05) is 23.9 Å². The van der Waals surface area contributed by atoms with Crippen LogP contribution in [0.1, 0.15) is 26.7 Å². The van der Waals surface area contributed by atoms with Gasteiger partial charge < -0.3 is 5.32 Å². The third kappa shape index (κ3) is 3.38. The summed E-state index contributed by atoms with van der Waals surface area (Å²) >= 11 is 1.16. The highest BCUT2D eigenvalue weighted by Gasteiger charge is 2.12. The second-order valence-corrected chi connectivity index (χ2v) is 4.26. The zero-order valence-corrected chi connectivity index (χ0v) is 9.11. The average Bonchev–Trinajstić information content (AvgIpc) is 2.06. The molecule has 0 bridgehead atoms. The maximum absolute atomic E-state index is 10.9. The monoisotopic (exact) mass is 211 g/mol. The van der Waals surface area contributed by atoms with Crippen LogP contribution in [-0.4, -0.2) is 11.0 Å². The average molecular weight is 211 g/mol. The highest BCUT2D eigenvalue weighted by atomic mass is 32.2. The number of thioether (sulfide) groups is 1. The van der Waals surface area contributed by atoms with Crippen molar-refractivity contribution in [1.29, 1.82) is 0 Å². The van der Waals surface area contributed by atoms with E-state index in [9.17, 15) is 9.59 Å². The standard InChI is InChI=1S/C10H13NO2S/c1-7(12)11-9-5-3-4-6-10(9)14-8(2)13/h5-6H,3-4H2,1-2H3,(H,11,12). The smallest absolute Gasteiger partial charge is 0.221 e. The minimum Gasteiger partial charge on any atom is -0.326 e. The van der Waals surface area contributed by atoms with Gasteiger partial charge in [0.2, 0.25) is 5.91 Å². The zero-order valence-electron chi connectivity index (χ0n) is 8.29. The van der Waals surface area contributed by atoms with Gasteiger partial charge in [0, 0.05) is 18.8 Å².